The van der Waals surface area contributed by atoms with Gasteiger partial charge >= 0.3 is 0 Å². The topological polar surface area (TPSA) is 75.0 Å². The molecule has 1 heterocycles. The van der Waals surface area contributed by atoms with Gasteiger partial charge in [0, 0.05) is 6.20 Å². The van der Waals surface area contributed by atoms with Crippen molar-refractivity contribution in [1.29, 1.82) is 0 Å². The zero-order chi connectivity index (χ0) is 9.56. The summed E-state index contributed by atoms with van der Waals surface area (Å²) < 4.78 is 0. The molecule has 12 heavy (non-hydrogen) atoms. The molecule has 68 valence electrons. The van der Waals surface area contributed by atoms with E-state index in [4.69, 9.17) is 5.73 Å². The average molecular weight is 170 g/mol. The summed E-state index contributed by atoms with van der Waals surface area (Å²) in [5.41, 5.74) is 5.27. The molecule has 0 saturated carbocycles. The number of aromatic nitrogens is 2. The summed E-state index contributed by atoms with van der Waals surface area (Å²) >= 11 is 0. The van der Waals surface area contributed by atoms with Crippen LogP contribution in [0.5, 0.6) is 0 Å². The van der Waals surface area contributed by atoms with Gasteiger partial charge in [-0.3, -0.25) is 9.89 Å². The molecule has 0 aliphatic carbocycles. The molecule has 0 fully saturated rings. The largest absolute Gasteiger partial charge is 0.366 e. The number of H-pyrrole nitrogens is 1. The number of nitrogens with zero attached hydrogens (tertiary/aromatic N) is 2. The maximum atomic E-state index is 10.2. The number of amides is 1. The summed E-state index contributed by atoms with van der Waals surface area (Å²) in [7, 11) is 6.00. The summed E-state index contributed by atoms with van der Waals surface area (Å²) in [6, 6.07) is 0. The summed E-state index contributed by atoms with van der Waals surface area (Å²) in [4.78, 5) is 12.2. The highest BCUT2D eigenvalue weighted by Crippen LogP contribution is 1.88. The highest BCUT2D eigenvalue weighted by atomic mass is 16.1. The van der Waals surface area contributed by atoms with E-state index < -0.39 is 5.91 Å². The third kappa shape index (κ3) is 5.43. The predicted molar refractivity (Wildman–Crippen MR) is 46.7 cm³/mol. The van der Waals surface area contributed by atoms with Gasteiger partial charge in [-0.2, -0.15) is 5.10 Å². The first-order valence-corrected chi connectivity index (χ1v) is 3.43. The lowest BCUT2D eigenvalue weighted by Crippen LogP contribution is -2.09. The number of aromatic amines is 1. The Morgan fingerprint density at radius 3 is 2.25 bits per heavy atom. The van der Waals surface area contributed by atoms with E-state index in [1.807, 2.05) is 26.0 Å². The van der Waals surface area contributed by atoms with Gasteiger partial charge in [-0.05, 0) is 21.1 Å². The van der Waals surface area contributed by atoms with Crippen molar-refractivity contribution in [3.05, 3.63) is 18.0 Å². The molecule has 0 aliphatic heterocycles. The van der Waals surface area contributed by atoms with Crippen LogP contribution in [0.4, 0.5) is 0 Å². The highest BCUT2D eigenvalue weighted by molar-refractivity contribution is 5.92. The van der Waals surface area contributed by atoms with Crippen molar-refractivity contribution >= 4 is 5.91 Å². The van der Waals surface area contributed by atoms with E-state index in [0.29, 0.717) is 5.56 Å². The van der Waals surface area contributed by atoms with Gasteiger partial charge in [0.1, 0.15) is 0 Å². The van der Waals surface area contributed by atoms with Gasteiger partial charge in [0.2, 0.25) is 0 Å². The van der Waals surface area contributed by atoms with Crippen molar-refractivity contribution in [3.8, 4) is 0 Å². The molecular formula is C7H14N4O. The molecule has 3 N–H and O–H groups in total. The van der Waals surface area contributed by atoms with E-state index in [-0.39, 0.29) is 0 Å². The van der Waals surface area contributed by atoms with Crippen molar-refractivity contribution in [2.45, 2.75) is 0 Å². The standard InChI is InChI=1S/C4H5N3O.C3H9N/c5-4(8)3-1-6-7-2-3;1-4(2)3/h1-2H,(H2,5,8)(H,6,7);1-3H3. The number of hydrogen-bond donors (Lipinski definition) is 2. The van der Waals surface area contributed by atoms with Crippen LogP contribution in [0.25, 0.3) is 0 Å². The zero-order valence-corrected chi connectivity index (χ0v) is 7.53. The molecule has 5 heteroatoms. The fourth-order valence-corrected chi connectivity index (χ4v) is 0.386. The van der Waals surface area contributed by atoms with E-state index in [1.54, 1.807) is 0 Å². The molecule has 1 amide bonds. The molecule has 0 unspecified atom stereocenters. The monoisotopic (exact) mass is 170 g/mol. The molecule has 0 saturated heterocycles. The molecule has 0 aliphatic rings. The molecule has 5 nitrogen and oxygen atoms in total. The first-order chi connectivity index (χ1) is 5.54. The smallest absolute Gasteiger partial charge is 0.251 e. The van der Waals surface area contributed by atoms with Crippen molar-refractivity contribution in [2.75, 3.05) is 21.1 Å². The van der Waals surface area contributed by atoms with E-state index >= 15 is 0 Å². The Labute approximate surface area is 71.6 Å². The minimum absolute atomic E-state index is 0.407. The van der Waals surface area contributed by atoms with E-state index in [9.17, 15) is 4.79 Å². The number of hydrogen-bond acceptors (Lipinski definition) is 3. The van der Waals surface area contributed by atoms with Crippen LogP contribution in [0.15, 0.2) is 12.4 Å². The van der Waals surface area contributed by atoms with Gasteiger partial charge in [0.25, 0.3) is 5.91 Å². The maximum Gasteiger partial charge on any atom is 0.251 e. The summed E-state index contributed by atoms with van der Waals surface area (Å²) in [6.45, 7) is 0. The van der Waals surface area contributed by atoms with Crippen LogP contribution in [0.1, 0.15) is 10.4 Å². The predicted octanol–water partition coefficient (Wildman–Crippen LogP) is -0.314. The first-order valence-electron chi connectivity index (χ1n) is 3.43. The second kappa shape index (κ2) is 5.31. The normalized spacial score (nSPS) is 9.00. The maximum absolute atomic E-state index is 10.2. The number of nitrogens with one attached hydrogen (secondary N) is 1. The quantitative estimate of drug-likeness (QED) is 0.607. The van der Waals surface area contributed by atoms with Crippen LogP contribution in [0.3, 0.4) is 0 Å². The van der Waals surface area contributed by atoms with Gasteiger partial charge in [-0.1, -0.05) is 0 Å². The van der Waals surface area contributed by atoms with Crippen LogP contribution in [0.2, 0.25) is 0 Å². The minimum atomic E-state index is -0.459. The molecule has 1 rings (SSSR count). The van der Waals surface area contributed by atoms with Crippen molar-refractivity contribution in [3.63, 3.8) is 0 Å². The Morgan fingerprint density at radius 1 is 1.58 bits per heavy atom. The zero-order valence-electron chi connectivity index (χ0n) is 7.53. The van der Waals surface area contributed by atoms with Gasteiger partial charge in [0.05, 0.1) is 11.8 Å². The summed E-state index contributed by atoms with van der Waals surface area (Å²) in [5, 5.41) is 5.98. The third-order valence-electron chi connectivity index (χ3n) is 0.783. The molecule has 0 radical (unpaired) electrons. The third-order valence-corrected chi connectivity index (χ3v) is 0.783. The fourth-order valence-electron chi connectivity index (χ4n) is 0.386. The van der Waals surface area contributed by atoms with Crippen LogP contribution in [-0.2, 0) is 0 Å². The number of carbonyl (C=O) groups excluding carboxylic acids is 1. The molecule has 1 aromatic rings. The molecule has 0 bridgehead atoms. The fraction of sp³-hybridized carbons (Fsp3) is 0.429. The molecular weight excluding hydrogens is 156 g/mol. The van der Waals surface area contributed by atoms with Crippen molar-refractivity contribution in [2.24, 2.45) is 5.73 Å². The second-order valence-electron chi connectivity index (χ2n) is 2.69. The molecule has 0 aromatic carbocycles. The lowest BCUT2D eigenvalue weighted by molar-refractivity contribution is 0.100. The van der Waals surface area contributed by atoms with E-state index in [0.717, 1.165) is 0 Å². The lowest BCUT2D eigenvalue weighted by atomic mass is 10.4. The Balaban J connectivity index is 0.000000261. The van der Waals surface area contributed by atoms with Crippen molar-refractivity contribution in [1.82, 2.24) is 15.1 Å². The molecule has 0 atom stereocenters. The second-order valence-corrected chi connectivity index (χ2v) is 2.69. The van der Waals surface area contributed by atoms with Gasteiger partial charge in [-0.25, -0.2) is 0 Å². The SMILES string of the molecule is CN(C)C.NC(=O)c1cn[nH]c1. The Bertz CT molecular complexity index is 215. The Kier molecular flexibility index (Phi) is 4.71. The summed E-state index contributed by atoms with van der Waals surface area (Å²) in [6.07, 6.45) is 2.82. The van der Waals surface area contributed by atoms with E-state index in [1.165, 1.54) is 12.4 Å². The van der Waals surface area contributed by atoms with E-state index in [2.05, 4.69) is 10.2 Å². The number of carbonyl (C=O) groups is 1. The van der Waals surface area contributed by atoms with Crippen LogP contribution < -0.4 is 5.73 Å². The highest BCUT2D eigenvalue weighted by Gasteiger charge is 1.96. The van der Waals surface area contributed by atoms with Gasteiger partial charge in [0.15, 0.2) is 0 Å². The van der Waals surface area contributed by atoms with Crippen molar-refractivity contribution < 1.29 is 4.79 Å². The number of rotatable bonds is 1. The van der Waals surface area contributed by atoms with Gasteiger partial charge < -0.3 is 10.6 Å². The van der Waals surface area contributed by atoms with Crippen LogP contribution in [-0.4, -0.2) is 42.1 Å². The minimum Gasteiger partial charge on any atom is -0.366 e. The molecule has 1 aromatic heterocycles. The Hall–Kier alpha value is -1.36. The Morgan fingerprint density at radius 2 is 2.08 bits per heavy atom. The lowest BCUT2D eigenvalue weighted by Gasteiger charge is -1.90. The summed E-state index contributed by atoms with van der Waals surface area (Å²) in [5.74, 6) is -0.459. The number of primary amides is 1. The van der Waals surface area contributed by atoms with Crippen LogP contribution in [0, 0.1) is 0 Å². The van der Waals surface area contributed by atoms with Gasteiger partial charge in [-0.15, -0.1) is 0 Å². The van der Waals surface area contributed by atoms with Crippen LogP contribution >= 0.6 is 0 Å². The first kappa shape index (κ1) is 10.6. The average Bonchev–Trinajstić information content (AvgIpc) is 2.34. The number of nitrogens with two attached hydrogens (primary N) is 1. The molecule has 0 spiro atoms.